The minimum absolute atomic E-state index is 0.0637. The van der Waals surface area contributed by atoms with Gasteiger partial charge in [0.15, 0.2) is 0 Å². The van der Waals surface area contributed by atoms with E-state index < -0.39 is 15.5 Å². The number of aryl methyl sites for hydroxylation is 1. The van der Waals surface area contributed by atoms with Gasteiger partial charge in [-0.2, -0.15) is 5.10 Å². The van der Waals surface area contributed by atoms with E-state index in [0.29, 0.717) is 5.69 Å². The largest absolute Gasteiger partial charge is 0.301 e. The lowest BCUT2D eigenvalue weighted by Crippen LogP contribution is -1.98. The number of rotatable bonds is 5. The van der Waals surface area contributed by atoms with Crippen LogP contribution in [-0.4, -0.2) is 21.0 Å². The number of nitrogens with zero attached hydrogens (tertiary/aromatic N) is 4. The number of hydrazone groups is 1. The van der Waals surface area contributed by atoms with Crippen LogP contribution in [0.3, 0.4) is 0 Å². The Kier molecular flexibility index (Phi) is 4.18. The van der Waals surface area contributed by atoms with E-state index in [2.05, 4.69) is 15.5 Å². The molecule has 0 spiro atoms. The van der Waals surface area contributed by atoms with E-state index in [4.69, 9.17) is 0 Å². The number of thiazole rings is 1. The van der Waals surface area contributed by atoms with Crippen molar-refractivity contribution in [3.8, 4) is 0 Å². The van der Waals surface area contributed by atoms with Crippen molar-refractivity contribution in [2.75, 3.05) is 5.43 Å². The van der Waals surface area contributed by atoms with Crippen molar-refractivity contribution in [3.63, 3.8) is 0 Å². The normalized spacial score (nSPS) is 10.7. The SMILES string of the molecule is Cc1nc(/C=N\Nc2ccc([N+](=O)[O-])cc2[N+](=O)[O-])cs1. The Morgan fingerprint density at radius 3 is 2.67 bits per heavy atom. The first-order valence-electron chi connectivity index (χ1n) is 5.61. The predicted octanol–water partition coefficient (Wildman–Crippen LogP) is 2.71. The zero-order chi connectivity index (χ0) is 15.4. The minimum atomic E-state index is -0.710. The first-order valence-corrected chi connectivity index (χ1v) is 6.49. The van der Waals surface area contributed by atoms with Crippen LogP contribution in [0.2, 0.25) is 0 Å². The molecule has 21 heavy (non-hydrogen) atoms. The van der Waals surface area contributed by atoms with E-state index in [1.165, 1.54) is 23.6 Å². The molecule has 0 radical (unpaired) electrons. The molecule has 0 aliphatic carbocycles. The molecule has 0 atom stereocenters. The molecule has 1 aromatic carbocycles. The summed E-state index contributed by atoms with van der Waals surface area (Å²) in [6, 6.07) is 3.28. The van der Waals surface area contributed by atoms with Gasteiger partial charge in [-0.25, -0.2) is 4.98 Å². The van der Waals surface area contributed by atoms with Crippen molar-refractivity contribution >= 4 is 34.6 Å². The van der Waals surface area contributed by atoms with Crippen molar-refractivity contribution in [2.24, 2.45) is 5.10 Å². The standard InChI is InChI=1S/C11H9N5O4S/c1-7-13-8(6-21-7)5-12-14-10-3-2-9(15(17)18)4-11(10)16(19)20/h2-6,14H,1H3/b12-5-. The zero-order valence-corrected chi connectivity index (χ0v) is 11.5. The molecule has 0 aliphatic rings. The summed E-state index contributed by atoms with van der Waals surface area (Å²) in [5, 5.41) is 28.0. The molecule has 0 fully saturated rings. The molecule has 0 amide bonds. The zero-order valence-electron chi connectivity index (χ0n) is 10.7. The number of hydrogen-bond donors (Lipinski definition) is 1. The van der Waals surface area contributed by atoms with E-state index in [9.17, 15) is 20.2 Å². The van der Waals surface area contributed by atoms with Crippen LogP contribution < -0.4 is 5.43 Å². The monoisotopic (exact) mass is 307 g/mol. The van der Waals surface area contributed by atoms with Crippen LogP contribution >= 0.6 is 11.3 Å². The average molecular weight is 307 g/mol. The van der Waals surface area contributed by atoms with Gasteiger partial charge in [0.25, 0.3) is 5.69 Å². The Morgan fingerprint density at radius 2 is 2.10 bits per heavy atom. The number of nitro groups is 2. The number of benzene rings is 1. The molecule has 2 aromatic rings. The van der Waals surface area contributed by atoms with Gasteiger partial charge in [-0.05, 0) is 13.0 Å². The van der Waals surface area contributed by atoms with Crippen LogP contribution in [0, 0.1) is 27.2 Å². The van der Waals surface area contributed by atoms with Gasteiger partial charge in [0.1, 0.15) is 5.69 Å². The minimum Gasteiger partial charge on any atom is -0.272 e. The third-order valence-electron chi connectivity index (χ3n) is 2.41. The molecule has 1 aromatic heterocycles. The van der Waals surface area contributed by atoms with Gasteiger partial charge in [-0.1, -0.05) is 0 Å². The van der Waals surface area contributed by atoms with E-state index in [0.717, 1.165) is 17.1 Å². The molecule has 10 heteroatoms. The summed E-state index contributed by atoms with van der Waals surface area (Å²) in [7, 11) is 0. The number of nitro benzene ring substituents is 2. The highest BCUT2D eigenvalue weighted by atomic mass is 32.1. The molecule has 0 saturated carbocycles. The molecule has 0 saturated heterocycles. The summed E-state index contributed by atoms with van der Waals surface area (Å²) in [4.78, 5) is 24.3. The maximum atomic E-state index is 10.9. The van der Waals surface area contributed by atoms with Gasteiger partial charge < -0.3 is 0 Å². The molecular formula is C11H9N5O4S. The van der Waals surface area contributed by atoms with Crippen LogP contribution in [0.1, 0.15) is 10.7 Å². The molecule has 1 heterocycles. The third-order valence-corrected chi connectivity index (χ3v) is 3.20. The fourth-order valence-corrected chi connectivity index (χ4v) is 2.05. The lowest BCUT2D eigenvalue weighted by molar-refractivity contribution is -0.393. The van der Waals surface area contributed by atoms with E-state index in [1.807, 2.05) is 6.92 Å². The lowest BCUT2D eigenvalue weighted by Gasteiger charge is -2.01. The maximum Gasteiger partial charge on any atom is 0.301 e. The van der Waals surface area contributed by atoms with Gasteiger partial charge >= 0.3 is 5.69 Å². The average Bonchev–Trinajstić information content (AvgIpc) is 2.84. The Labute approximate surface area is 122 Å². The first kappa shape index (κ1) is 14.5. The highest BCUT2D eigenvalue weighted by molar-refractivity contribution is 7.09. The van der Waals surface area contributed by atoms with E-state index in [-0.39, 0.29) is 11.4 Å². The highest BCUT2D eigenvalue weighted by Gasteiger charge is 2.18. The van der Waals surface area contributed by atoms with E-state index in [1.54, 1.807) is 5.38 Å². The van der Waals surface area contributed by atoms with Gasteiger partial charge in [-0.3, -0.25) is 25.7 Å². The number of aromatic nitrogens is 1. The van der Waals surface area contributed by atoms with E-state index >= 15 is 0 Å². The number of non-ortho nitro benzene ring substituents is 1. The maximum absolute atomic E-state index is 10.9. The van der Waals surface area contributed by atoms with Crippen LogP contribution in [0.5, 0.6) is 0 Å². The number of nitrogens with one attached hydrogen (secondary N) is 1. The van der Waals surface area contributed by atoms with Gasteiger partial charge in [-0.15, -0.1) is 11.3 Å². The Hall–Kier alpha value is -2.88. The third kappa shape index (κ3) is 3.57. The molecule has 108 valence electrons. The topological polar surface area (TPSA) is 124 Å². The van der Waals surface area contributed by atoms with Crippen LogP contribution in [-0.2, 0) is 0 Å². The summed E-state index contributed by atoms with van der Waals surface area (Å²) in [5.41, 5.74) is 2.40. The second kappa shape index (κ2) is 6.05. The predicted molar refractivity (Wildman–Crippen MR) is 77.8 cm³/mol. The first-order chi connectivity index (χ1) is 9.97. The highest BCUT2D eigenvalue weighted by Crippen LogP contribution is 2.28. The van der Waals surface area contributed by atoms with Crippen molar-refractivity contribution in [1.29, 1.82) is 0 Å². The molecule has 9 nitrogen and oxygen atoms in total. The molecule has 0 bridgehead atoms. The lowest BCUT2D eigenvalue weighted by atomic mass is 10.2. The summed E-state index contributed by atoms with van der Waals surface area (Å²) >= 11 is 1.45. The quantitative estimate of drug-likeness (QED) is 0.514. The van der Waals surface area contributed by atoms with Gasteiger partial charge in [0, 0.05) is 11.4 Å². The summed E-state index contributed by atoms with van der Waals surface area (Å²) < 4.78 is 0. The van der Waals surface area contributed by atoms with Crippen molar-refractivity contribution < 1.29 is 9.85 Å². The Bertz CT molecular complexity index is 727. The fourth-order valence-electron chi connectivity index (χ4n) is 1.49. The van der Waals surface area contributed by atoms with Crippen LogP contribution in [0.25, 0.3) is 0 Å². The summed E-state index contributed by atoms with van der Waals surface area (Å²) in [6.45, 7) is 1.84. The second-order valence-electron chi connectivity index (χ2n) is 3.88. The van der Waals surface area contributed by atoms with Crippen LogP contribution in [0.4, 0.5) is 17.1 Å². The smallest absolute Gasteiger partial charge is 0.272 e. The van der Waals surface area contributed by atoms with Crippen LogP contribution in [0.15, 0.2) is 28.7 Å². The molecule has 0 aliphatic heterocycles. The number of anilines is 1. The van der Waals surface area contributed by atoms with Crippen molar-refractivity contribution in [2.45, 2.75) is 6.92 Å². The Morgan fingerprint density at radius 1 is 1.33 bits per heavy atom. The van der Waals surface area contributed by atoms with Crippen molar-refractivity contribution in [1.82, 2.24) is 4.98 Å². The Balaban J connectivity index is 2.21. The molecular weight excluding hydrogens is 298 g/mol. The van der Waals surface area contributed by atoms with Gasteiger partial charge in [0.05, 0.1) is 32.8 Å². The molecule has 1 N–H and O–H groups in total. The fraction of sp³-hybridized carbons (Fsp3) is 0.0909. The van der Waals surface area contributed by atoms with Gasteiger partial charge in [0.2, 0.25) is 0 Å². The summed E-state index contributed by atoms with van der Waals surface area (Å²) in [5.74, 6) is 0. The summed E-state index contributed by atoms with van der Waals surface area (Å²) in [6.07, 6.45) is 1.41. The number of hydrogen-bond acceptors (Lipinski definition) is 8. The molecule has 0 unspecified atom stereocenters. The second-order valence-corrected chi connectivity index (χ2v) is 4.94. The molecule has 2 rings (SSSR count). The van der Waals surface area contributed by atoms with Crippen molar-refractivity contribution in [3.05, 3.63) is 54.5 Å².